The van der Waals surface area contributed by atoms with Gasteiger partial charge in [0.15, 0.2) is 9.84 Å². The van der Waals surface area contributed by atoms with Gasteiger partial charge in [0.1, 0.15) is 0 Å². The molecule has 1 aliphatic rings. The number of aryl methyl sites for hydroxylation is 1. The summed E-state index contributed by atoms with van der Waals surface area (Å²) in [6.45, 7) is 1.94. The maximum Gasteiger partial charge on any atom is 0.319 e. The number of sulfone groups is 1. The van der Waals surface area contributed by atoms with Crippen molar-refractivity contribution in [1.29, 1.82) is 0 Å². The number of aromatic nitrogens is 1. The third-order valence-corrected chi connectivity index (χ3v) is 7.08. The summed E-state index contributed by atoms with van der Waals surface area (Å²) in [7, 11) is -3.19. The van der Waals surface area contributed by atoms with Gasteiger partial charge in [0.05, 0.1) is 21.6 Å². The third-order valence-electron chi connectivity index (χ3n) is 4.64. The van der Waals surface area contributed by atoms with Crippen LogP contribution in [0, 0.1) is 6.92 Å². The van der Waals surface area contributed by atoms with Crippen LogP contribution in [0.2, 0.25) is 0 Å². The largest absolute Gasteiger partial charge is 0.334 e. The zero-order valence-corrected chi connectivity index (χ0v) is 16.5. The average Bonchev–Trinajstić information content (AvgIpc) is 3.01. The van der Waals surface area contributed by atoms with E-state index in [9.17, 15) is 13.2 Å². The fourth-order valence-corrected chi connectivity index (χ4v) is 5.41. The molecule has 0 unspecified atom stereocenters. The Bertz CT molecular complexity index is 893. The van der Waals surface area contributed by atoms with Gasteiger partial charge >= 0.3 is 6.03 Å². The summed E-state index contributed by atoms with van der Waals surface area (Å²) in [5.41, 5.74) is 2.31. The number of rotatable bonds is 4. The van der Waals surface area contributed by atoms with E-state index < -0.39 is 15.1 Å². The quantitative estimate of drug-likeness (QED) is 0.831. The van der Waals surface area contributed by atoms with Crippen molar-refractivity contribution in [2.45, 2.75) is 43.9 Å². The van der Waals surface area contributed by atoms with Crippen LogP contribution < -0.4 is 10.6 Å². The van der Waals surface area contributed by atoms with E-state index in [1.807, 2.05) is 36.6 Å². The van der Waals surface area contributed by atoms with Crippen LogP contribution in [0.5, 0.6) is 0 Å². The number of nitrogens with zero attached hydrogens (tertiary/aromatic N) is 1. The van der Waals surface area contributed by atoms with Gasteiger partial charge in [-0.2, -0.15) is 0 Å². The van der Waals surface area contributed by atoms with Gasteiger partial charge in [-0.05, 0) is 25.8 Å². The monoisotopic (exact) mass is 393 g/mol. The number of carbonyl (C=O) groups excluding carboxylic acids is 1. The lowest BCUT2D eigenvalue weighted by Crippen LogP contribution is -2.49. The van der Waals surface area contributed by atoms with Crippen molar-refractivity contribution >= 4 is 32.9 Å². The molecule has 1 aromatic heterocycles. The number of thiazole rings is 1. The molecule has 3 rings (SSSR count). The molecule has 1 saturated carbocycles. The fraction of sp³-hybridized carbons (Fsp3) is 0.444. The molecule has 0 bridgehead atoms. The summed E-state index contributed by atoms with van der Waals surface area (Å²) in [5, 5.41) is 8.11. The van der Waals surface area contributed by atoms with Crippen LogP contribution in [0.1, 0.15) is 30.7 Å². The maximum absolute atomic E-state index is 12.5. The Morgan fingerprint density at radius 3 is 2.65 bits per heavy atom. The van der Waals surface area contributed by atoms with Gasteiger partial charge in [-0.1, -0.05) is 31.0 Å². The van der Waals surface area contributed by atoms with Crippen molar-refractivity contribution in [2.24, 2.45) is 0 Å². The number of amides is 2. The second-order valence-electron chi connectivity index (χ2n) is 6.65. The van der Waals surface area contributed by atoms with Crippen LogP contribution in [0.25, 0.3) is 11.3 Å². The van der Waals surface area contributed by atoms with E-state index >= 15 is 0 Å². The number of hydrogen-bond acceptors (Lipinski definition) is 5. The first-order valence-corrected chi connectivity index (χ1v) is 11.5. The molecule has 1 fully saturated rings. The van der Waals surface area contributed by atoms with Crippen LogP contribution >= 0.6 is 11.3 Å². The highest BCUT2D eigenvalue weighted by molar-refractivity contribution is 7.91. The highest BCUT2D eigenvalue weighted by atomic mass is 32.2. The Morgan fingerprint density at radius 1 is 1.23 bits per heavy atom. The van der Waals surface area contributed by atoms with Crippen molar-refractivity contribution in [3.63, 3.8) is 0 Å². The van der Waals surface area contributed by atoms with Crippen molar-refractivity contribution in [2.75, 3.05) is 11.6 Å². The van der Waals surface area contributed by atoms with E-state index in [0.717, 1.165) is 29.1 Å². The van der Waals surface area contributed by atoms with Crippen LogP contribution in [-0.4, -0.2) is 37.0 Å². The van der Waals surface area contributed by atoms with Crippen LogP contribution in [0.3, 0.4) is 0 Å². The fourth-order valence-electron chi connectivity index (χ4n) is 3.40. The molecule has 1 aliphatic carbocycles. The van der Waals surface area contributed by atoms with Crippen LogP contribution in [0.4, 0.5) is 10.5 Å². The first kappa shape index (κ1) is 18.8. The number of benzene rings is 1. The topological polar surface area (TPSA) is 88.2 Å². The van der Waals surface area contributed by atoms with E-state index in [1.54, 1.807) is 11.3 Å². The number of urea groups is 1. The van der Waals surface area contributed by atoms with Gasteiger partial charge in [-0.15, -0.1) is 11.3 Å². The van der Waals surface area contributed by atoms with E-state index in [0.29, 0.717) is 18.5 Å². The Kier molecular flexibility index (Phi) is 5.62. The van der Waals surface area contributed by atoms with Crippen molar-refractivity contribution < 1.29 is 13.2 Å². The molecule has 1 heterocycles. The van der Waals surface area contributed by atoms with Gasteiger partial charge in [0, 0.05) is 23.2 Å². The minimum absolute atomic E-state index is 0.354. The summed E-state index contributed by atoms with van der Waals surface area (Å²) in [5.74, 6) is 0. The molecule has 8 heteroatoms. The zero-order valence-electron chi connectivity index (χ0n) is 14.9. The minimum Gasteiger partial charge on any atom is -0.334 e. The average molecular weight is 394 g/mol. The molecular formula is C18H23N3O3S2. The molecule has 0 radical (unpaired) electrons. The smallest absolute Gasteiger partial charge is 0.319 e. The molecule has 0 spiro atoms. The Hall–Kier alpha value is -1.93. The first-order valence-electron chi connectivity index (χ1n) is 8.62. The molecule has 0 aliphatic heterocycles. The maximum atomic E-state index is 12.5. The summed E-state index contributed by atoms with van der Waals surface area (Å²) in [6, 6.07) is 6.73. The van der Waals surface area contributed by atoms with Gasteiger partial charge in [0.25, 0.3) is 0 Å². The molecule has 140 valence electrons. The lowest BCUT2D eigenvalue weighted by molar-refractivity contribution is 0.244. The zero-order chi connectivity index (χ0) is 18.7. The highest BCUT2D eigenvalue weighted by Crippen LogP contribution is 2.29. The Balaban J connectivity index is 1.74. The van der Waals surface area contributed by atoms with Crippen molar-refractivity contribution in [3.8, 4) is 11.3 Å². The molecule has 2 aromatic rings. The summed E-state index contributed by atoms with van der Waals surface area (Å²) >= 11 is 1.55. The second kappa shape index (κ2) is 7.75. The second-order valence-corrected chi connectivity index (χ2v) is 9.98. The van der Waals surface area contributed by atoms with Crippen molar-refractivity contribution in [1.82, 2.24) is 10.3 Å². The number of carbonyl (C=O) groups is 1. The van der Waals surface area contributed by atoms with Gasteiger partial charge < -0.3 is 10.6 Å². The Morgan fingerprint density at radius 2 is 1.96 bits per heavy atom. The summed E-state index contributed by atoms with van der Waals surface area (Å²) < 4.78 is 24.0. The normalized spacial score (nSPS) is 20.5. The minimum atomic E-state index is -3.19. The van der Waals surface area contributed by atoms with Crippen LogP contribution in [-0.2, 0) is 9.84 Å². The van der Waals surface area contributed by atoms with E-state index in [1.165, 1.54) is 6.26 Å². The standard InChI is InChI=1S/C18H23N3O3S2/c1-12-19-16(11-25-12)13-7-3-4-8-14(13)20-18(22)21-15-9-5-6-10-17(15)26(2,23)24/h3-4,7-8,11,15,17H,5-6,9-10H2,1-2H3,(H2,20,21,22)/t15-,17-/m1/s1. The predicted molar refractivity (Wildman–Crippen MR) is 105 cm³/mol. The van der Waals surface area contributed by atoms with E-state index in [4.69, 9.17) is 0 Å². The molecule has 2 atom stereocenters. The predicted octanol–water partition coefficient (Wildman–Crippen LogP) is 3.60. The molecule has 26 heavy (non-hydrogen) atoms. The number of anilines is 1. The molecule has 1 aromatic carbocycles. The number of hydrogen-bond donors (Lipinski definition) is 2. The van der Waals surface area contributed by atoms with Gasteiger partial charge in [-0.25, -0.2) is 18.2 Å². The van der Waals surface area contributed by atoms with E-state index in [-0.39, 0.29) is 12.1 Å². The van der Waals surface area contributed by atoms with Gasteiger partial charge in [0.2, 0.25) is 0 Å². The molecule has 6 nitrogen and oxygen atoms in total. The van der Waals surface area contributed by atoms with Gasteiger partial charge in [-0.3, -0.25) is 0 Å². The number of nitrogens with one attached hydrogen (secondary N) is 2. The Labute approximate surface area is 158 Å². The molecule has 2 N–H and O–H groups in total. The third kappa shape index (κ3) is 4.42. The molecule has 0 saturated heterocycles. The summed E-state index contributed by atoms with van der Waals surface area (Å²) in [4.78, 5) is 17.0. The first-order chi connectivity index (χ1) is 12.3. The lowest BCUT2D eigenvalue weighted by Gasteiger charge is -2.30. The number of para-hydroxylation sites is 1. The molecular weight excluding hydrogens is 370 g/mol. The highest BCUT2D eigenvalue weighted by Gasteiger charge is 2.33. The van der Waals surface area contributed by atoms with Crippen LogP contribution in [0.15, 0.2) is 29.6 Å². The SMILES string of the molecule is Cc1nc(-c2ccccc2NC(=O)N[C@@H]2CCCC[C@H]2S(C)(=O)=O)cs1. The molecule has 2 amide bonds. The summed E-state index contributed by atoms with van der Waals surface area (Å²) in [6.07, 6.45) is 4.32. The van der Waals surface area contributed by atoms with Crippen molar-refractivity contribution in [3.05, 3.63) is 34.7 Å². The van der Waals surface area contributed by atoms with E-state index in [2.05, 4.69) is 15.6 Å². The lowest BCUT2D eigenvalue weighted by atomic mass is 9.95.